The Hall–Kier alpha value is -2.10. The second-order valence-corrected chi connectivity index (χ2v) is 6.02. The molecule has 3 aromatic rings. The van der Waals surface area contributed by atoms with Gasteiger partial charge in [0.25, 0.3) is 0 Å². The van der Waals surface area contributed by atoms with Crippen LogP contribution in [0.3, 0.4) is 0 Å². The quantitative estimate of drug-likeness (QED) is 0.773. The van der Waals surface area contributed by atoms with Gasteiger partial charge in [0.05, 0.1) is 18.2 Å². The van der Waals surface area contributed by atoms with Gasteiger partial charge in [-0.3, -0.25) is 5.32 Å². The highest BCUT2D eigenvalue weighted by Gasteiger charge is 2.32. The summed E-state index contributed by atoms with van der Waals surface area (Å²) < 4.78 is 5.92. The molecule has 1 heterocycles. The number of nitrogens with one attached hydrogen (secondary N) is 1. The molecule has 0 amide bonds. The predicted octanol–water partition coefficient (Wildman–Crippen LogP) is 3.74. The number of aliphatic hydroxyl groups is 1. The van der Waals surface area contributed by atoms with Crippen LogP contribution in [0.2, 0.25) is 0 Å². The first-order valence-corrected chi connectivity index (χ1v) is 7.73. The Kier molecular flexibility index (Phi) is 3.25. The Morgan fingerprint density at radius 2 is 1.91 bits per heavy atom. The molecule has 0 unspecified atom stereocenters. The maximum Gasteiger partial charge on any atom is 0.134 e. The molecule has 0 radical (unpaired) electrons. The summed E-state index contributed by atoms with van der Waals surface area (Å²) in [5.41, 5.74) is 3.32. The third-order valence-corrected chi connectivity index (χ3v) is 4.50. The van der Waals surface area contributed by atoms with Gasteiger partial charge >= 0.3 is 0 Å². The fourth-order valence-electron chi connectivity index (χ4n) is 3.34. The lowest BCUT2D eigenvalue weighted by Gasteiger charge is -2.21. The van der Waals surface area contributed by atoms with E-state index >= 15 is 0 Å². The standard InChI is InChI=1S/C19H19NO2/c1-12(18-11-14-7-3-5-9-17(14)22-18)20-19-15-8-4-2-6-13(15)10-16(19)21/h2-9,11-12,16,19-21H,10H2,1H3/t12-,16+,19+/m0/s1. The van der Waals surface area contributed by atoms with Gasteiger partial charge in [-0.1, -0.05) is 42.5 Å². The van der Waals surface area contributed by atoms with Crippen LogP contribution >= 0.6 is 0 Å². The van der Waals surface area contributed by atoms with Crippen molar-refractivity contribution in [2.24, 2.45) is 0 Å². The van der Waals surface area contributed by atoms with E-state index in [9.17, 15) is 5.11 Å². The molecule has 2 aromatic carbocycles. The van der Waals surface area contributed by atoms with Crippen LogP contribution in [-0.2, 0) is 6.42 Å². The Morgan fingerprint density at radius 3 is 2.77 bits per heavy atom. The predicted molar refractivity (Wildman–Crippen MR) is 86.7 cm³/mol. The third-order valence-electron chi connectivity index (χ3n) is 4.50. The molecule has 1 aromatic heterocycles. The monoisotopic (exact) mass is 293 g/mol. The summed E-state index contributed by atoms with van der Waals surface area (Å²) in [4.78, 5) is 0. The van der Waals surface area contributed by atoms with Gasteiger partial charge in [0.15, 0.2) is 0 Å². The lowest BCUT2D eigenvalue weighted by Crippen LogP contribution is -2.30. The zero-order chi connectivity index (χ0) is 15.1. The Morgan fingerprint density at radius 1 is 1.14 bits per heavy atom. The lowest BCUT2D eigenvalue weighted by molar-refractivity contribution is 0.134. The molecule has 0 saturated carbocycles. The molecule has 1 aliphatic rings. The molecule has 22 heavy (non-hydrogen) atoms. The smallest absolute Gasteiger partial charge is 0.134 e. The molecule has 3 atom stereocenters. The normalized spacial score (nSPS) is 21.9. The van der Waals surface area contributed by atoms with Crippen LogP contribution in [0.25, 0.3) is 11.0 Å². The first-order chi connectivity index (χ1) is 10.7. The van der Waals surface area contributed by atoms with Crippen molar-refractivity contribution < 1.29 is 9.52 Å². The number of fused-ring (bicyclic) bond motifs is 2. The molecule has 3 nitrogen and oxygen atoms in total. The van der Waals surface area contributed by atoms with Crippen LogP contribution in [0.15, 0.2) is 59.0 Å². The van der Waals surface area contributed by atoms with E-state index in [1.807, 2.05) is 30.3 Å². The zero-order valence-electron chi connectivity index (χ0n) is 12.5. The van der Waals surface area contributed by atoms with Crippen LogP contribution in [-0.4, -0.2) is 11.2 Å². The fraction of sp³-hybridized carbons (Fsp3) is 0.263. The van der Waals surface area contributed by atoms with Gasteiger partial charge in [-0.15, -0.1) is 0 Å². The number of para-hydroxylation sites is 1. The summed E-state index contributed by atoms with van der Waals surface area (Å²) in [6, 6.07) is 18.3. The topological polar surface area (TPSA) is 45.4 Å². The molecule has 0 fully saturated rings. The molecule has 2 N–H and O–H groups in total. The summed E-state index contributed by atoms with van der Waals surface area (Å²) in [5, 5.41) is 15.0. The summed E-state index contributed by atoms with van der Waals surface area (Å²) in [6.07, 6.45) is 0.324. The van der Waals surface area contributed by atoms with Crippen molar-refractivity contribution in [2.75, 3.05) is 0 Å². The van der Waals surface area contributed by atoms with Gasteiger partial charge < -0.3 is 9.52 Å². The van der Waals surface area contributed by atoms with E-state index in [0.717, 1.165) is 16.7 Å². The third kappa shape index (κ3) is 2.23. The van der Waals surface area contributed by atoms with Crippen LogP contribution in [0.1, 0.15) is 35.9 Å². The number of hydrogen-bond donors (Lipinski definition) is 2. The van der Waals surface area contributed by atoms with E-state index in [1.165, 1.54) is 11.1 Å². The molecule has 0 spiro atoms. The van der Waals surface area contributed by atoms with Crippen LogP contribution in [0.5, 0.6) is 0 Å². The van der Waals surface area contributed by atoms with Gasteiger partial charge in [-0.05, 0) is 30.2 Å². The molecule has 0 aliphatic heterocycles. The summed E-state index contributed by atoms with van der Waals surface area (Å²) >= 11 is 0. The maximum atomic E-state index is 10.4. The second kappa shape index (κ2) is 5.27. The van der Waals surface area contributed by atoms with Crippen molar-refractivity contribution in [2.45, 2.75) is 31.5 Å². The molecule has 0 bridgehead atoms. The minimum atomic E-state index is -0.385. The van der Waals surface area contributed by atoms with Gasteiger partial charge in [0.2, 0.25) is 0 Å². The first kappa shape index (κ1) is 13.6. The number of hydrogen-bond acceptors (Lipinski definition) is 3. The van der Waals surface area contributed by atoms with E-state index in [-0.39, 0.29) is 18.2 Å². The number of benzene rings is 2. The number of aliphatic hydroxyl groups excluding tert-OH is 1. The SMILES string of the molecule is C[C@H](N[C@@H]1c2ccccc2C[C@H]1O)c1cc2ccccc2o1. The van der Waals surface area contributed by atoms with E-state index in [2.05, 4.69) is 36.5 Å². The van der Waals surface area contributed by atoms with E-state index in [4.69, 9.17) is 4.42 Å². The van der Waals surface area contributed by atoms with Crippen molar-refractivity contribution in [3.63, 3.8) is 0 Å². The lowest BCUT2D eigenvalue weighted by atomic mass is 10.1. The van der Waals surface area contributed by atoms with Gasteiger partial charge in [0, 0.05) is 11.8 Å². The molecule has 112 valence electrons. The highest BCUT2D eigenvalue weighted by atomic mass is 16.3. The van der Waals surface area contributed by atoms with Crippen molar-refractivity contribution in [3.8, 4) is 0 Å². The number of furan rings is 1. The van der Waals surface area contributed by atoms with Crippen LogP contribution in [0.4, 0.5) is 0 Å². The van der Waals surface area contributed by atoms with E-state index in [0.29, 0.717) is 6.42 Å². The summed E-state index contributed by atoms with van der Waals surface area (Å²) in [7, 11) is 0. The van der Waals surface area contributed by atoms with Crippen molar-refractivity contribution in [1.82, 2.24) is 5.32 Å². The fourth-order valence-corrected chi connectivity index (χ4v) is 3.34. The van der Waals surface area contributed by atoms with Crippen LogP contribution < -0.4 is 5.32 Å². The maximum absolute atomic E-state index is 10.4. The first-order valence-electron chi connectivity index (χ1n) is 7.73. The average Bonchev–Trinajstić information content (AvgIpc) is 3.09. The molecule has 4 rings (SSSR count). The Balaban J connectivity index is 1.60. The Labute approximate surface area is 129 Å². The molecular formula is C19H19NO2. The average molecular weight is 293 g/mol. The number of rotatable bonds is 3. The Bertz CT molecular complexity index is 775. The van der Waals surface area contributed by atoms with Gasteiger partial charge in [-0.2, -0.15) is 0 Å². The largest absolute Gasteiger partial charge is 0.459 e. The highest BCUT2D eigenvalue weighted by molar-refractivity contribution is 5.77. The summed E-state index contributed by atoms with van der Waals surface area (Å²) in [5.74, 6) is 0.901. The molecule has 1 aliphatic carbocycles. The highest BCUT2D eigenvalue weighted by Crippen LogP contribution is 2.34. The zero-order valence-corrected chi connectivity index (χ0v) is 12.5. The van der Waals surface area contributed by atoms with Gasteiger partial charge in [-0.25, -0.2) is 0 Å². The minimum absolute atomic E-state index is 0.0400. The van der Waals surface area contributed by atoms with E-state index in [1.54, 1.807) is 0 Å². The molecule has 3 heteroatoms. The summed E-state index contributed by atoms with van der Waals surface area (Å²) in [6.45, 7) is 2.07. The molecule has 0 saturated heterocycles. The van der Waals surface area contributed by atoms with Crippen molar-refractivity contribution >= 4 is 11.0 Å². The van der Waals surface area contributed by atoms with Gasteiger partial charge in [0.1, 0.15) is 11.3 Å². The van der Waals surface area contributed by atoms with Crippen LogP contribution in [0, 0.1) is 0 Å². The minimum Gasteiger partial charge on any atom is -0.459 e. The molecular weight excluding hydrogens is 274 g/mol. The second-order valence-electron chi connectivity index (χ2n) is 6.02. The van der Waals surface area contributed by atoms with Crippen molar-refractivity contribution in [3.05, 3.63) is 71.5 Å². The van der Waals surface area contributed by atoms with E-state index < -0.39 is 0 Å². The van der Waals surface area contributed by atoms with Crippen molar-refractivity contribution in [1.29, 1.82) is 0 Å².